The molecule has 4 nitrogen and oxygen atoms in total. The fraction of sp³-hybridized carbons (Fsp3) is 0.286. The number of aliphatic imine (C=N–C) groups is 1. The zero-order valence-electron chi connectivity index (χ0n) is 11.5. The summed E-state index contributed by atoms with van der Waals surface area (Å²) in [4.78, 5) is 5.00. The number of hydrogen-bond acceptors (Lipinski definition) is 5. The summed E-state index contributed by atoms with van der Waals surface area (Å²) in [5.74, 6) is 0.915. The second-order valence-electron chi connectivity index (χ2n) is 4.48. The van der Waals surface area contributed by atoms with E-state index in [9.17, 15) is 5.11 Å². The van der Waals surface area contributed by atoms with Crippen molar-refractivity contribution in [1.82, 2.24) is 4.57 Å². The van der Waals surface area contributed by atoms with Gasteiger partial charge >= 0.3 is 0 Å². The van der Waals surface area contributed by atoms with E-state index >= 15 is 0 Å². The predicted octanol–water partition coefficient (Wildman–Crippen LogP) is 4.32. The lowest BCUT2D eigenvalue weighted by Gasteiger charge is -2.07. The van der Waals surface area contributed by atoms with Crippen molar-refractivity contribution in [1.29, 1.82) is 0 Å². The fourth-order valence-corrected chi connectivity index (χ4v) is 3.20. The van der Waals surface area contributed by atoms with Gasteiger partial charge in [0.1, 0.15) is 10.6 Å². The number of nitrogens with zero attached hydrogens (tertiary/aromatic N) is 2. The number of aromatic nitrogens is 1. The highest BCUT2D eigenvalue weighted by atomic mass is 32.1. The molecule has 0 aliphatic heterocycles. The minimum atomic E-state index is 0.123. The number of rotatable bonds is 4. The van der Waals surface area contributed by atoms with E-state index in [0.29, 0.717) is 8.83 Å². The quantitative estimate of drug-likeness (QED) is 0.675. The number of thiazole rings is 1. The Hall–Kier alpha value is -1.66. The van der Waals surface area contributed by atoms with Crippen molar-refractivity contribution in [3.63, 3.8) is 0 Å². The van der Waals surface area contributed by atoms with E-state index in [4.69, 9.17) is 17.0 Å². The molecule has 2 aromatic rings. The molecular weight excluding hydrogens is 292 g/mol. The molecule has 2 rings (SSSR count). The first-order valence-corrected chi connectivity index (χ1v) is 7.38. The molecule has 0 bridgehead atoms. The van der Waals surface area contributed by atoms with Crippen molar-refractivity contribution in [3.05, 3.63) is 33.1 Å². The van der Waals surface area contributed by atoms with Crippen LogP contribution in [0, 0.1) is 3.95 Å². The molecular formula is C14H16N2O2S2. The van der Waals surface area contributed by atoms with Crippen LogP contribution in [0.5, 0.6) is 11.6 Å². The smallest absolute Gasteiger partial charge is 0.212 e. The normalized spacial score (nSPS) is 11.4. The SMILES string of the molecule is COc1cccc(N=Cc2sc(=S)n(C(C)C)c2O)c1. The fourth-order valence-electron chi connectivity index (χ4n) is 1.76. The topological polar surface area (TPSA) is 46.8 Å². The number of hydrogen-bond donors (Lipinski definition) is 1. The number of aromatic hydroxyl groups is 1. The molecule has 0 saturated carbocycles. The molecule has 0 atom stereocenters. The number of ether oxygens (including phenoxy) is 1. The van der Waals surface area contributed by atoms with Gasteiger partial charge in [-0.2, -0.15) is 0 Å². The lowest BCUT2D eigenvalue weighted by Crippen LogP contribution is -1.99. The maximum absolute atomic E-state index is 10.1. The third-order valence-corrected chi connectivity index (χ3v) is 4.07. The van der Waals surface area contributed by atoms with E-state index in [1.165, 1.54) is 11.3 Å². The number of benzene rings is 1. The van der Waals surface area contributed by atoms with Gasteiger partial charge in [-0.25, -0.2) is 0 Å². The van der Waals surface area contributed by atoms with Gasteiger partial charge in [-0.3, -0.25) is 9.56 Å². The molecule has 0 saturated heterocycles. The van der Waals surface area contributed by atoms with Crippen LogP contribution in [0.4, 0.5) is 5.69 Å². The second-order valence-corrected chi connectivity index (χ2v) is 6.16. The van der Waals surface area contributed by atoms with Crippen molar-refractivity contribution in [3.8, 4) is 11.6 Å². The van der Waals surface area contributed by atoms with Crippen LogP contribution in [0.3, 0.4) is 0 Å². The van der Waals surface area contributed by atoms with E-state index in [-0.39, 0.29) is 11.9 Å². The zero-order valence-corrected chi connectivity index (χ0v) is 13.2. The van der Waals surface area contributed by atoms with Crippen molar-refractivity contribution in [2.45, 2.75) is 19.9 Å². The maximum Gasteiger partial charge on any atom is 0.212 e. The predicted molar refractivity (Wildman–Crippen MR) is 85.4 cm³/mol. The van der Waals surface area contributed by atoms with Crippen LogP contribution in [0.1, 0.15) is 24.8 Å². The third-order valence-electron chi connectivity index (χ3n) is 2.74. The van der Waals surface area contributed by atoms with Gasteiger partial charge in [0, 0.05) is 12.1 Å². The lowest BCUT2D eigenvalue weighted by molar-refractivity contribution is 0.398. The Morgan fingerprint density at radius 3 is 2.80 bits per heavy atom. The maximum atomic E-state index is 10.1. The van der Waals surface area contributed by atoms with Crippen LogP contribution in [-0.2, 0) is 0 Å². The molecule has 106 valence electrons. The molecule has 1 heterocycles. The van der Waals surface area contributed by atoms with Crippen molar-refractivity contribution in [2.75, 3.05) is 7.11 Å². The zero-order chi connectivity index (χ0) is 14.7. The van der Waals surface area contributed by atoms with Crippen LogP contribution < -0.4 is 4.74 Å². The first-order valence-electron chi connectivity index (χ1n) is 6.15. The highest BCUT2D eigenvalue weighted by molar-refractivity contribution is 7.73. The van der Waals surface area contributed by atoms with Gasteiger partial charge in [0.15, 0.2) is 3.95 Å². The van der Waals surface area contributed by atoms with E-state index in [0.717, 1.165) is 11.4 Å². The summed E-state index contributed by atoms with van der Waals surface area (Å²) < 4.78 is 7.50. The van der Waals surface area contributed by atoms with E-state index in [2.05, 4.69) is 4.99 Å². The Labute approximate surface area is 127 Å². The van der Waals surface area contributed by atoms with E-state index in [1.54, 1.807) is 17.9 Å². The van der Waals surface area contributed by atoms with Gasteiger partial charge in [0.05, 0.1) is 19.0 Å². The molecule has 1 aromatic heterocycles. The molecule has 0 aliphatic rings. The first-order chi connectivity index (χ1) is 9.52. The first kappa shape index (κ1) is 14.7. The summed E-state index contributed by atoms with van der Waals surface area (Å²) in [6.07, 6.45) is 1.63. The van der Waals surface area contributed by atoms with Crippen LogP contribution in [0.2, 0.25) is 0 Å². The monoisotopic (exact) mass is 308 g/mol. The Bertz CT molecular complexity index is 687. The Morgan fingerprint density at radius 1 is 1.45 bits per heavy atom. The molecule has 20 heavy (non-hydrogen) atoms. The third kappa shape index (κ3) is 3.08. The number of methoxy groups -OCH3 is 1. The molecule has 0 unspecified atom stereocenters. The molecule has 0 aliphatic carbocycles. The van der Waals surface area contributed by atoms with Crippen molar-refractivity contribution >= 4 is 35.5 Å². The largest absolute Gasteiger partial charge is 0.497 e. The van der Waals surface area contributed by atoms with Crippen LogP contribution >= 0.6 is 23.6 Å². The Balaban J connectivity index is 2.32. The summed E-state index contributed by atoms with van der Waals surface area (Å²) in [7, 11) is 1.61. The minimum absolute atomic E-state index is 0.123. The average Bonchev–Trinajstić information content (AvgIpc) is 2.71. The minimum Gasteiger partial charge on any atom is -0.497 e. The van der Waals surface area contributed by atoms with Gasteiger partial charge in [0.2, 0.25) is 5.88 Å². The van der Waals surface area contributed by atoms with Crippen LogP contribution in [0.15, 0.2) is 29.3 Å². The van der Waals surface area contributed by atoms with Gasteiger partial charge in [-0.1, -0.05) is 17.4 Å². The molecule has 6 heteroatoms. The second kappa shape index (κ2) is 6.19. The Kier molecular flexibility index (Phi) is 4.57. The van der Waals surface area contributed by atoms with Crippen molar-refractivity contribution in [2.24, 2.45) is 4.99 Å². The summed E-state index contributed by atoms with van der Waals surface area (Å²) >= 11 is 6.59. The van der Waals surface area contributed by atoms with E-state index in [1.807, 2.05) is 38.1 Å². The van der Waals surface area contributed by atoms with E-state index < -0.39 is 0 Å². The highest BCUT2D eigenvalue weighted by Gasteiger charge is 2.12. The molecule has 0 amide bonds. The Morgan fingerprint density at radius 2 is 2.20 bits per heavy atom. The van der Waals surface area contributed by atoms with Crippen molar-refractivity contribution < 1.29 is 9.84 Å². The summed E-state index contributed by atoms with van der Waals surface area (Å²) in [5.41, 5.74) is 0.763. The highest BCUT2D eigenvalue weighted by Crippen LogP contribution is 2.28. The summed E-state index contributed by atoms with van der Waals surface area (Å²) in [6.45, 7) is 3.95. The average molecular weight is 308 g/mol. The molecule has 0 fully saturated rings. The molecule has 1 aromatic carbocycles. The van der Waals surface area contributed by atoms with Gasteiger partial charge in [-0.05, 0) is 38.2 Å². The summed E-state index contributed by atoms with van der Waals surface area (Å²) in [5, 5.41) is 10.1. The van der Waals surface area contributed by atoms with Gasteiger partial charge in [-0.15, -0.1) is 0 Å². The van der Waals surface area contributed by atoms with Crippen LogP contribution in [0.25, 0.3) is 0 Å². The summed E-state index contributed by atoms with van der Waals surface area (Å²) in [6, 6.07) is 7.54. The standard InChI is InChI=1S/C14H16N2O2S2/c1-9(2)16-13(17)12(20-14(16)19)8-15-10-5-4-6-11(7-10)18-3/h4-9,17H,1-3H3. The molecule has 0 radical (unpaired) electrons. The van der Waals surface area contributed by atoms with Crippen LogP contribution in [-0.4, -0.2) is 23.0 Å². The van der Waals surface area contributed by atoms with Gasteiger partial charge in [0.25, 0.3) is 0 Å². The molecule has 1 N–H and O–H groups in total. The van der Waals surface area contributed by atoms with Gasteiger partial charge < -0.3 is 9.84 Å². The molecule has 0 spiro atoms. The lowest BCUT2D eigenvalue weighted by atomic mass is 10.3.